The molecule has 0 saturated heterocycles. The lowest BCUT2D eigenvalue weighted by Gasteiger charge is -2.13. The van der Waals surface area contributed by atoms with Gasteiger partial charge >= 0.3 is 0 Å². The van der Waals surface area contributed by atoms with Crippen LogP contribution in [-0.2, 0) is 13.1 Å². The Hall–Kier alpha value is -1.75. The Morgan fingerprint density at radius 3 is 2.95 bits per heavy atom. The number of imidazole rings is 1. The van der Waals surface area contributed by atoms with E-state index in [0.29, 0.717) is 18.0 Å². The SMILES string of the molecule is CC(CNCc1cc(F)ccc1F)Cn1ccnc1. The van der Waals surface area contributed by atoms with Crippen molar-refractivity contribution in [3.8, 4) is 0 Å². The van der Waals surface area contributed by atoms with Crippen LogP contribution < -0.4 is 5.32 Å². The highest BCUT2D eigenvalue weighted by atomic mass is 19.1. The fourth-order valence-electron chi connectivity index (χ4n) is 1.95. The monoisotopic (exact) mass is 265 g/mol. The van der Waals surface area contributed by atoms with E-state index in [-0.39, 0.29) is 5.82 Å². The number of rotatable bonds is 6. The van der Waals surface area contributed by atoms with Crippen molar-refractivity contribution in [1.82, 2.24) is 14.9 Å². The van der Waals surface area contributed by atoms with Crippen molar-refractivity contribution < 1.29 is 8.78 Å². The van der Waals surface area contributed by atoms with Crippen molar-refractivity contribution in [3.63, 3.8) is 0 Å². The molecule has 0 amide bonds. The van der Waals surface area contributed by atoms with Crippen LogP contribution >= 0.6 is 0 Å². The van der Waals surface area contributed by atoms with Crippen LogP contribution in [0.3, 0.4) is 0 Å². The smallest absolute Gasteiger partial charge is 0.127 e. The van der Waals surface area contributed by atoms with Gasteiger partial charge in [0.05, 0.1) is 6.33 Å². The van der Waals surface area contributed by atoms with Crippen LogP contribution in [0.4, 0.5) is 8.78 Å². The molecule has 0 spiro atoms. The maximum atomic E-state index is 13.4. The normalized spacial score (nSPS) is 12.6. The molecule has 102 valence electrons. The van der Waals surface area contributed by atoms with Crippen molar-refractivity contribution in [2.75, 3.05) is 6.54 Å². The van der Waals surface area contributed by atoms with E-state index >= 15 is 0 Å². The second-order valence-electron chi connectivity index (χ2n) is 4.73. The third kappa shape index (κ3) is 4.13. The fourth-order valence-corrected chi connectivity index (χ4v) is 1.95. The Morgan fingerprint density at radius 2 is 2.21 bits per heavy atom. The standard InChI is InChI=1S/C14H17F2N3/c1-11(9-19-5-4-17-10-19)7-18-8-12-6-13(15)2-3-14(12)16/h2-6,10-11,18H,7-9H2,1H3. The van der Waals surface area contributed by atoms with Crippen LogP contribution in [0.2, 0.25) is 0 Å². The molecule has 1 atom stereocenters. The Bertz CT molecular complexity index is 511. The van der Waals surface area contributed by atoms with Crippen LogP contribution in [0.1, 0.15) is 12.5 Å². The van der Waals surface area contributed by atoms with E-state index in [0.717, 1.165) is 25.2 Å². The van der Waals surface area contributed by atoms with E-state index in [9.17, 15) is 8.78 Å². The molecule has 0 aliphatic heterocycles. The third-order valence-electron chi connectivity index (χ3n) is 2.90. The first-order chi connectivity index (χ1) is 9.15. The molecular formula is C14H17F2N3. The van der Waals surface area contributed by atoms with Crippen molar-refractivity contribution in [2.24, 2.45) is 5.92 Å². The molecule has 1 heterocycles. The van der Waals surface area contributed by atoms with Gasteiger partial charge in [0, 0.05) is 31.0 Å². The zero-order chi connectivity index (χ0) is 13.7. The number of hydrogen-bond acceptors (Lipinski definition) is 2. The molecule has 2 aromatic rings. The Labute approximate surface area is 111 Å². The van der Waals surface area contributed by atoms with Crippen LogP contribution in [-0.4, -0.2) is 16.1 Å². The Kier molecular flexibility index (Phi) is 4.63. The second kappa shape index (κ2) is 6.43. The van der Waals surface area contributed by atoms with E-state index in [1.165, 1.54) is 6.07 Å². The number of nitrogens with zero attached hydrogens (tertiary/aromatic N) is 2. The van der Waals surface area contributed by atoms with Gasteiger partial charge in [-0.2, -0.15) is 0 Å². The van der Waals surface area contributed by atoms with Gasteiger partial charge in [-0.25, -0.2) is 13.8 Å². The lowest BCUT2D eigenvalue weighted by atomic mass is 10.1. The molecule has 0 bridgehead atoms. The molecule has 1 unspecified atom stereocenters. The van der Waals surface area contributed by atoms with Gasteiger partial charge in [-0.1, -0.05) is 6.92 Å². The minimum atomic E-state index is -0.412. The summed E-state index contributed by atoms with van der Waals surface area (Å²) in [5.74, 6) is -0.411. The molecule has 1 aromatic heterocycles. The molecule has 3 nitrogen and oxygen atoms in total. The first-order valence-corrected chi connectivity index (χ1v) is 6.25. The zero-order valence-electron chi connectivity index (χ0n) is 10.8. The van der Waals surface area contributed by atoms with Gasteiger partial charge in [-0.05, 0) is 30.7 Å². The predicted molar refractivity (Wildman–Crippen MR) is 69.5 cm³/mol. The first-order valence-electron chi connectivity index (χ1n) is 6.25. The van der Waals surface area contributed by atoms with Crippen molar-refractivity contribution in [2.45, 2.75) is 20.0 Å². The van der Waals surface area contributed by atoms with Crippen molar-refractivity contribution >= 4 is 0 Å². The molecule has 0 radical (unpaired) electrons. The highest BCUT2D eigenvalue weighted by molar-refractivity contribution is 5.18. The topological polar surface area (TPSA) is 29.9 Å². The molecule has 2 rings (SSSR count). The maximum absolute atomic E-state index is 13.4. The zero-order valence-corrected chi connectivity index (χ0v) is 10.8. The van der Waals surface area contributed by atoms with Gasteiger partial charge in [0.1, 0.15) is 11.6 Å². The van der Waals surface area contributed by atoms with E-state index in [4.69, 9.17) is 0 Å². The highest BCUT2D eigenvalue weighted by Crippen LogP contribution is 2.09. The van der Waals surface area contributed by atoms with Crippen LogP contribution in [0.25, 0.3) is 0 Å². The van der Waals surface area contributed by atoms with E-state index in [2.05, 4.69) is 17.2 Å². The van der Waals surface area contributed by atoms with E-state index < -0.39 is 5.82 Å². The minimum absolute atomic E-state index is 0.331. The van der Waals surface area contributed by atoms with Crippen molar-refractivity contribution in [1.29, 1.82) is 0 Å². The minimum Gasteiger partial charge on any atom is -0.337 e. The summed E-state index contributed by atoms with van der Waals surface area (Å²) >= 11 is 0. The predicted octanol–water partition coefficient (Wildman–Crippen LogP) is 2.59. The lowest BCUT2D eigenvalue weighted by molar-refractivity contribution is 0.441. The van der Waals surface area contributed by atoms with Crippen LogP contribution in [0, 0.1) is 17.6 Å². The maximum Gasteiger partial charge on any atom is 0.127 e. The average Bonchev–Trinajstić information content (AvgIpc) is 2.86. The summed E-state index contributed by atoms with van der Waals surface area (Å²) in [5, 5.41) is 3.14. The molecule has 1 aromatic carbocycles. The summed E-state index contributed by atoms with van der Waals surface area (Å²) < 4.78 is 28.4. The molecule has 1 N–H and O–H groups in total. The Balaban J connectivity index is 1.78. The van der Waals surface area contributed by atoms with E-state index in [1.807, 2.05) is 10.8 Å². The highest BCUT2D eigenvalue weighted by Gasteiger charge is 2.06. The van der Waals surface area contributed by atoms with Gasteiger partial charge in [0.2, 0.25) is 0 Å². The second-order valence-corrected chi connectivity index (χ2v) is 4.73. The quantitative estimate of drug-likeness (QED) is 0.870. The molecule has 5 heteroatoms. The number of halogens is 2. The summed E-state index contributed by atoms with van der Waals surface area (Å²) in [7, 11) is 0. The van der Waals surface area contributed by atoms with Crippen LogP contribution in [0.5, 0.6) is 0 Å². The van der Waals surface area contributed by atoms with Gasteiger partial charge in [0.25, 0.3) is 0 Å². The van der Waals surface area contributed by atoms with Gasteiger partial charge < -0.3 is 9.88 Å². The summed E-state index contributed by atoms with van der Waals surface area (Å²) in [6.45, 7) is 4.00. The number of benzene rings is 1. The average molecular weight is 265 g/mol. The first kappa shape index (κ1) is 13.7. The number of hydrogen-bond donors (Lipinski definition) is 1. The number of nitrogens with one attached hydrogen (secondary N) is 1. The Morgan fingerprint density at radius 1 is 1.37 bits per heavy atom. The van der Waals surface area contributed by atoms with Gasteiger partial charge in [-0.15, -0.1) is 0 Å². The summed E-state index contributed by atoms with van der Waals surface area (Å²) in [5.41, 5.74) is 0.356. The summed E-state index contributed by atoms with van der Waals surface area (Å²) in [6, 6.07) is 3.50. The molecule has 0 fully saturated rings. The fraction of sp³-hybridized carbons (Fsp3) is 0.357. The third-order valence-corrected chi connectivity index (χ3v) is 2.90. The van der Waals surface area contributed by atoms with E-state index in [1.54, 1.807) is 12.5 Å². The molecule has 0 saturated carbocycles. The van der Waals surface area contributed by atoms with Gasteiger partial charge in [0.15, 0.2) is 0 Å². The summed E-state index contributed by atoms with van der Waals surface area (Å²) in [4.78, 5) is 3.98. The summed E-state index contributed by atoms with van der Waals surface area (Å²) in [6.07, 6.45) is 5.41. The lowest BCUT2D eigenvalue weighted by Crippen LogP contribution is -2.24. The molecule has 19 heavy (non-hydrogen) atoms. The molecule has 0 aliphatic rings. The largest absolute Gasteiger partial charge is 0.337 e. The van der Waals surface area contributed by atoms with Crippen LogP contribution in [0.15, 0.2) is 36.9 Å². The number of aromatic nitrogens is 2. The molecule has 0 aliphatic carbocycles. The van der Waals surface area contributed by atoms with Gasteiger partial charge in [-0.3, -0.25) is 0 Å². The van der Waals surface area contributed by atoms with Crippen molar-refractivity contribution in [3.05, 3.63) is 54.1 Å². The molecular weight excluding hydrogens is 248 g/mol.